The van der Waals surface area contributed by atoms with E-state index in [0.29, 0.717) is 5.92 Å². The summed E-state index contributed by atoms with van der Waals surface area (Å²) in [6, 6.07) is -0.193. The molecule has 2 unspecified atom stereocenters. The molecule has 0 aliphatic carbocycles. The van der Waals surface area contributed by atoms with Crippen LogP contribution in [0.1, 0.15) is 19.8 Å². The molecule has 1 amide bonds. The smallest absolute Gasteiger partial charge is 0.234 e. The van der Waals surface area contributed by atoms with Crippen LogP contribution in [0.25, 0.3) is 0 Å². The van der Waals surface area contributed by atoms with Crippen molar-refractivity contribution in [3.63, 3.8) is 0 Å². The fourth-order valence-corrected chi connectivity index (χ4v) is 2.39. The van der Waals surface area contributed by atoms with E-state index in [2.05, 4.69) is 10.2 Å². The molecule has 0 spiro atoms. The van der Waals surface area contributed by atoms with Crippen LogP contribution < -0.4 is 11.1 Å². The third kappa shape index (κ3) is 5.02. The molecule has 1 aliphatic rings. The number of likely N-dealkylation sites (tertiary alicyclic amines) is 1. The van der Waals surface area contributed by atoms with E-state index in [9.17, 15) is 4.79 Å². The lowest BCUT2D eigenvalue weighted by Crippen LogP contribution is -2.43. The normalized spacial score (nSPS) is 22.8. The number of nitrogens with one attached hydrogen (secondary N) is 1. The summed E-state index contributed by atoms with van der Waals surface area (Å²) in [4.78, 5) is 13.6. The molecule has 17 heavy (non-hydrogen) atoms. The Morgan fingerprint density at radius 2 is 2.41 bits per heavy atom. The number of hydrogen-bond donors (Lipinski definition) is 2. The van der Waals surface area contributed by atoms with Gasteiger partial charge < -0.3 is 20.7 Å². The third-order valence-corrected chi connectivity index (χ3v) is 3.30. The second-order valence-corrected chi connectivity index (χ2v) is 4.71. The van der Waals surface area contributed by atoms with E-state index < -0.39 is 0 Å². The predicted molar refractivity (Wildman–Crippen MR) is 67.7 cm³/mol. The van der Waals surface area contributed by atoms with Crippen molar-refractivity contribution >= 4 is 5.91 Å². The Labute approximate surface area is 104 Å². The molecule has 0 radical (unpaired) electrons. The van der Waals surface area contributed by atoms with Crippen molar-refractivity contribution in [1.82, 2.24) is 10.2 Å². The number of carbonyl (C=O) groups excluding carboxylic acids is 1. The maximum atomic E-state index is 11.2. The SMILES string of the molecule is CCNC(CCN1CCC(COC)C1)C(N)=O. The first-order valence-corrected chi connectivity index (χ1v) is 6.41. The number of nitrogens with zero attached hydrogens (tertiary/aromatic N) is 1. The highest BCUT2D eigenvalue weighted by atomic mass is 16.5. The van der Waals surface area contributed by atoms with Crippen LogP contribution in [0, 0.1) is 5.92 Å². The van der Waals surface area contributed by atoms with Gasteiger partial charge in [0.05, 0.1) is 12.6 Å². The Bertz CT molecular complexity index is 236. The van der Waals surface area contributed by atoms with Crippen LogP contribution in [0.15, 0.2) is 0 Å². The molecule has 5 heteroatoms. The Morgan fingerprint density at radius 1 is 1.65 bits per heavy atom. The van der Waals surface area contributed by atoms with Crippen LogP contribution in [-0.4, -0.2) is 56.7 Å². The zero-order chi connectivity index (χ0) is 12.7. The number of primary amides is 1. The molecule has 2 atom stereocenters. The minimum atomic E-state index is -0.250. The first-order valence-electron chi connectivity index (χ1n) is 6.41. The van der Waals surface area contributed by atoms with Gasteiger partial charge in [0, 0.05) is 20.2 Å². The summed E-state index contributed by atoms with van der Waals surface area (Å²) >= 11 is 0. The molecule has 1 aliphatic heterocycles. The van der Waals surface area contributed by atoms with Crippen LogP contribution in [0.4, 0.5) is 0 Å². The van der Waals surface area contributed by atoms with Crippen molar-refractivity contribution in [3.05, 3.63) is 0 Å². The average Bonchev–Trinajstić information content (AvgIpc) is 2.72. The highest BCUT2D eigenvalue weighted by Crippen LogP contribution is 2.16. The third-order valence-electron chi connectivity index (χ3n) is 3.30. The maximum Gasteiger partial charge on any atom is 0.234 e. The molecule has 100 valence electrons. The number of carbonyl (C=O) groups is 1. The molecule has 5 nitrogen and oxygen atoms in total. The number of amides is 1. The molecule has 0 aromatic carbocycles. The lowest BCUT2D eigenvalue weighted by Gasteiger charge is -2.20. The summed E-state index contributed by atoms with van der Waals surface area (Å²) in [5.74, 6) is 0.394. The highest BCUT2D eigenvalue weighted by molar-refractivity contribution is 5.79. The van der Waals surface area contributed by atoms with Gasteiger partial charge in [0.2, 0.25) is 5.91 Å². The number of rotatable bonds is 8. The first-order chi connectivity index (χ1) is 8.17. The summed E-state index contributed by atoms with van der Waals surface area (Å²) in [6.07, 6.45) is 1.99. The standard InChI is InChI=1S/C12H25N3O2/c1-3-14-11(12(13)16)5-7-15-6-4-10(8-15)9-17-2/h10-11,14H,3-9H2,1-2H3,(H2,13,16). The summed E-state index contributed by atoms with van der Waals surface area (Å²) in [5.41, 5.74) is 5.34. The van der Waals surface area contributed by atoms with E-state index in [1.165, 1.54) is 6.42 Å². The molecule has 0 bridgehead atoms. The van der Waals surface area contributed by atoms with Crippen LogP contribution in [0.2, 0.25) is 0 Å². The van der Waals surface area contributed by atoms with Crippen molar-refractivity contribution in [3.8, 4) is 0 Å². The minimum absolute atomic E-state index is 0.193. The van der Waals surface area contributed by atoms with Crippen molar-refractivity contribution < 1.29 is 9.53 Å². The number of nitrogens with two attached hydrogens (primary N) is 1. The Balaban J connectivity index is 2.23. The Hall–Kier alpha value is -0.650. The molecular formula is C12H25N3O2. The zero-order valence-electron chi connectivity index (χ0n) is 10.9. The van der Waals surface area contributed by atoms with Crippen molar-refractivity contribution in [2.45, 2.75) is 25.8 Å². The van der Waals surface area contributed by atoms with E-state index in [0.717, 1.165) is 39.2 Å². The molecule has 0 aromatic rings. The molecule has 1 rings (SSSR count). The zero-order valence-corrected chi connectivity index (χ0v) is 10.9. The van der Waals surface area contributed by atoms with Crippen LogP contribution in [0.3, 0.4) is 0 Å². The summed E-state index contributed by atoms with van der Waals surface area (Å²) in [5, 5.41) is 3.12. The van der Waals surface area contributed by atoms with Gasteiger partial charge >= 0.3 is 0 Å². The maximum absolute atomic E-state index is 11.2. The number of ether oxygens (including phenoxy) is 1. The fourth-order valence-electron chi connectivity index (χ4n) is 2.39. The van der Waals surface area contributed by atoms with Gasteiger partial charge in [-0.15, -0.1) is 0 Å². The molecule has 1 fully saturated rings. The molecular weight excluding hydrogens is 218 g/mol. The number of likely N-dealkylation sites (N-methyl/N-ethyl adjacent to an activating group) is 1. The molecule has 0 saturated carbocycles. The van der Waals surface area contributed by atoms with Gasteiger partial charge in [-0.05, 0) is 31.8 Å². The molecule has 1 saturated heterocycles. The summed E-state index contributed by atoms with van der Waals surface area (Å²) in [6.45, 7) is 6.71. The van der Waals surface area contributed by atoms with E-state index in [-0.39, 0.29) is 11.9 Å². The highest BCUT2D eigenvalue weighted by Gasteiger charge is 2.23. The van der Waals surface area contributed by atoms with Gasteiger partial charge in [-0.25, -0.2) is 0 Å². The summed E-state index contributed by atoms with van der Waals surface area (Å²) < 4.78 is 5.16. The fraction of sp³-hybridized carbons (Fsp3) is 0.917. The van der Waals surface area contributed by atoms with Gasteiger partial charge in [-0.3, -0.25) is 4.79 Å². The number of hydrogen-bond acceptors (Lipinski definition) is 4. The first kappa shape index (κ1) is 14.4. The van der Waals surface area contributed by atoms with Gasteiger partial charge in [0.1, 0.15) is 0 Å². The van der Waals surface area contributed by atoms with E-state index in [1.807, 2.05) is 6.92 Å². The molecule has 3 N–H and O–H groups in total. The van der Waals surface area contributed by atoms with E-state index in [4.69, 9.17) is 10.5 Å². The topological polar surface area (TPSA) is 67.6 Å². The minimum Gasteiger partial charge on any atom is -0.384 e. The van der Waals surface area contributed by atoms with Crippen LogP contribution in [-0.2, 0) is 9.53 Å². The van der Waals surface area contributed by atoms with Gasteiger partial charge in [-0.2, -0.15) is 0 Å². The quantitative estimate of drug-likeness (QED) is 0.620. The van der Waals surface area contributed by atoms with Gasteiger partial charge in [0.25, 0.3) is 0 Å². The Kier molecular flexibility index (Phi) is 6.47. The second kappa shape index (κ2) is 7.63. The van der Waals surface area contributed by atoms with Crippen LogP contribution >= 0.6 is 0 Å². The predicted octanol–water partition coefficient (Wildman–Crippen LogP) is -0.192. The van der Waals surface area contributed by atoms with Crippen LogP contribution in [0.5, 0.6) is 0 Å². The molecule has 1 heterocycles. The van der Waals surface area contributed by atoms with Crippen molar-refractivity contribution in [2.75, 3.05) is 39.9 Å². The second-order valence-electron chi connectivity index (χ2n) is 4.71. The molecule has 0 aromatic heterocycles. The Morgan fingerprint density at radius 3 is 3.00 bits per heavy atom. The van der Waals surface area contributed by atoms with Crippen molar-refractivity contribution in [2.24, 2.45) is 11.7 Å². The average molecular weight is 243 g/mol. The summed E-state index contributed by atoms with van der Waals surface area (Å²) in [7, 11) is 1.75. The van der Waals surface area contributed by atoms with Crippen molar-refractivity contribution in [1.29, 1.82) is 0 Å². The van der Waals surface area contributed by atoms with E-state index in [1.54, 1.807) is 7.11 Å². The lowest BCUT2D eigenvalue weighted by atomic mass is 10.1. The largest absolute Gasteiger partial charge is 0.384 e. The lowest BCUT2D eigenvalue weighted by molar-refractivity contribution is -0.120. The van der Waals surface area contributed by atoms with Gasteiger partial charge in [0.15, 0.2) is 0 Å². The van der Waals surface area contributed by atoms with E-state index >= 15 is 0 Å². The number of methoxy groups -OCH3 is 1. The van der Waals surface area contributed by atoms with Gasteiger partial charge in [-0.1, -0.05) is 6.92 Å². The monoisotopic (exact) mass is 243 g/mol.